The van der Waals surface area contributed by atoms with Crippen LogP contribution in [-0.2, 0) is 23.8 Å². The maximum atomic E-state index is 14.3. The van der Waals surface area contributed by atoms with Crippen LogP contribution in [0, 0.1) is 52.3 Å². The fraction of sp³-hybridized carbons (Fsp3) is 0.879. The molecule has 0 radical (unpaired) electrons. The van der Waals surface area contributed by atoms with Gasteiger partial charge in [-0.25, -0.2) is 0 Å². The van der Waals surface area contributed by atoms with E-state index in [9.17, 15) is 9.59 Å². The van der Waals surface area contributed by atoms with Crippen LogP contribution in [0.25, 0.3) is 0 Å². The number of fused-ring (bicyclic) bond motifs is 5. The highest BCUT2D eigenvalue weighted by molar-refractivity contribution is 5.86. The van der Waals surface area contributed by atoms with Crippen LogP contribution in [0.3, 0.4) is 0 Å². The van der Waals surface area contributed by atoms with E-state index >= 15 is 0 Å². The zero-order valence-corrected chi connectivity index (χ0v) is 24.8. The normalized spacial score (nSPS) is 41.1. The van der Waals surface area contributed by atoms with Gasteiger partial charge in [-0.05, 0) is 105 Å². The van der Waals surface area contributed by atoms with Crippen LogP contribution in [0.2, 0.25) is 0 Å². The Balaban J connectivity index is 1.47. The van der Waals surface area contributed by atoms with Gasteiger partial charge in [-0.3, -0.25) is 9.59 Å². The maximum Gasteiger partial charge on any atom is 0.306 e. The molecule has 0 heterocycles. The third kappa shape index (κ3) is 5.53. The Morgan fingerprint density at radius 3 is 2.50 bits per heavy atom. The van der Waals surface area contributed by atoms with Gasteiger partial charge in [0, 0.05) is 24.9 Å². The van der Waals surface area contributed by atoms with Crippen molar-refractivity contribution in [2.75, 3.05) is 26.4 Å². The molecule has 0 aromatic heterocycles. The van der Waals surface area contributed by atoms with Gasteiger partial charge in [0.2, 0.25) is 0 Å². The molecule has 4 rings (SSSR count). The van der Waals surface area contributed by atoms with Crippen molar-refractivity contribution in [3.8, 4) is 0 Å². The quantitative estimate of drug-likeness (QED) is 0.154. The second kappa shape index (κ2) is 12.5. The van der Waals surface area contributed by atoms with Crippen molar-refractivity contribution < 1.29 is 23.8 Å². The van der Waals surface area contributed by atoms with E-state index < -0.39 is 0 Å². The summed E-state index contributed by atoms with van der Waals surface area (Å²) in [7, 11) is 0. The van der Waals surface area contributed by atoms with Crippen molar-refractivity contribution in [2.24, 2.45) is 52.3 Å². The Kier molecular flexibility index (Phi) is 9.83. The molecule has 0 aliphatic heterocycles. The van der Waals surface area contributed by atoms with E-state index in [0.717, 1.165) is 32.3 Å². The average Bonchev–Trinajstić information content (AvgIpc) is 3.26. The monoisotopic (exact) mass is 530 g/mol. The van der Waals surface area contributed by atoms with Gasteiger partial charge in [-0.15, -0.1) is 0 Å². The first kappa shape index (κ1) is 29.8. The molecule has 4 aliphatic rings. The predicted octanol–water partition coefficient (Wildman–Crippen LogP) is 7.03. The molecule has 0 spiro atoms. The summed E-state index contributed by atoms with van der Waals surface area (Å²) in [4.78, 5) is 26.5. The van der Waals surface area contributed by atoms with Crippen LogP contribution >= 0.6 is 0 Å². The molecule has 0 aromatic carbocycles. The topological polar surface area (TPSA) is 61.8 Å². The molecular weight excluding hydrogens is 476 g/mol. The highest BCUT2D eigenvalue weighted by atomic mass is 16.5. The second-order valence-corrected chi connectivity index (χ2v) is 13.4. The number of rotatable bonds is 12. The summed E-state index contributed by atoms with van der Waals surface area (Å²) in [5.74, 6) is 3.31. The van der Waals surface area contributed by atoms with Gasteiger partial charge in [0.25, 0.3) is 0 Å². The largest absolute Gasteiger partial charge is 0.461 e. The number of ether oxygens (including phenoxy) is 3. The van der Waals surface area contributed by atoms with E-state index in [1.54, 1.807) is 6.08 Å². The highest BCUT2D eigenvalue weighted by Crippen LogP contribution is 2.68. The van der Waals surface area contributed by atoms with Crippen LogP contribution in [0.5, 0.6) is 0 Å². The van der Waals surface area contributed by atoms with Crippen LogP contribution in [0.15, 0.2) is 12.7 Å². The Morgan fingerprint density at radius 1 is 1.05 bits per heavy atom. The Bertz CT molecular complexity index is 839. The van der Waals surface area contributed by atoms with Gasteiger partial charge in [0.15, 0.2) is 0 Å². The highest BCUT2D eigenvalue weighted by Gasteiger charge is 2.65. The van der Waals surface area contributed by atoms with Crippen LogP contribution in [0.4, 0.5) is 0 Å². The molecule has 0 bridgehead atoms. The number of carbonyl (C=O) groups excluding carboxylic acids is 2. The van der Waals surface area contributed by atoms with E-state index in [1.807, 2.05) is 6.92 Å². The Hall–Kier alpha value is -1.20. The molecule has 0 saturated heterocycles. The van der Waals surface area contributed by atoms with Gasteiger partial charge in [0.05, 0.1) is 19.3 Å². The van der Waals surface area contributed by atoms with Gasteiger partial charge in [-0.2, -0.15) is 0 Å². The van der Waals surface area contributed by atoms with Crippen molar-refractivity contribution in [2.45, 2.75) is 105 Å². The maximum absolute atomic E-state index is 14.3. The number of ketones is 1. The fourth-order valence-corrected chi connectivity index (χ4v) is 9.93. The summed E-state index contributed by atoms with van der Waals surface area (Å²) >= 11 is 0. The minimum absolute atomic E-state index is 0.121. The van der Waals surface area contributed by atoms with Crippen molar-refractivity contribution in [3.63, 3.8) is 0 Å². The first-order valence-corrected chi connectivity index (χ1v) is 15.7. The summed E-state index contributed by atoms with van der Waals surface area (Å²) in [5.41, 5.74) is 0.432. The van der Waals surface area contributed by atoms with Crippen molar-refractivity contribution in [1.29, 1.82) is 0 Å². The smallest absolute Gasteiger partial charge is 0.306 e. The van der Waals surface area contributed by atoms with E-state index in [-0.39, 0.29) is 34.7 Å². The summed E-state index contributed by atoms with van der Waals surface area (Å²) in [6.45, 7) is 17.6. The SMILES string of the molecule is C=CCOC(=O)CC[C@@H](C)[C@H]1CC[C@H]2[C@@H]3C(=O)[C@H](CC)[C@@H]4C[C@H](OCCOCC)CC[C@]4(C)[C@H]3CC[C@]12C. The predicted molar refractivity (Wildman–Crippen MR) is 151 cm³/mol. The number of carbonyl (C=O) groups is 2. The van der Waals surface area contributed by atoms with Gasteiger partial charge < -0.3 is 14.2 Å². The van der Waals surface area contributed by atoms with Crippen LogP contribution in [0.1, 0.15) is 98.8 Å². The number of esters is 1. The van der Waals surface area contributed by atoms with E-state index in [4.69, 9.17) is 14.2 Å². The lowest BCUT2D eigenvalue weighted by molar-refractivity contribution is -0.176. The Morgan fingerprint density at radius 2 is 1.79 bits per heavy atom. The standard InChI is InChI=1S/C33H54O5/c1-7-18-38-29(34)13-10-22(4)25-11-12-26-30-27(15-17-32(25,26)5)33(6)16-14-23(37-20-19-36-9-3)21-28(33)24(8-2)31(30)35/h7,22-28,30H,1,8-21H2,2-6H3/t22-,23-,24-,25-,26+,27+,28+,30+,32-,33-/m1/s1. The molecule has 0 unspecified atom stereocenters. The summed E-state index contributed by atoms with van der Waals surface area (Å²) in [6, 6.07) is 0. The van der Waals surface area contributed by atoms with Gasteiger partial charge in [-0.1, -0.05) is 40.3 Å². The number of Topliss-reactive ketones (excluding diaryl/α,β-unsaturated/α-hetero) is 1. The van der Waals surface area contributed by atoms with E-state index in [0.29, 0.717) is 61.6 Å². The minimum Gasteiger partial charge on any atom is -0.461 e. The molecule has 0 N–H and O–H groups in total. The Labute approximate surface area is 231 Å². The summed E-state index contributed by atoms with van der Waals surface area (Å²) < 4.78 is 17.0. The molecule has 10 atom stereocenters. The lowest BCUT2D eigenvalue weighted by Crippen LogP contribution is -2.60. The molecule has 38 heavy (non-hydrogen) atoms. The number of hydrogen-bond acceptors (Lipinski definition) is 5. The van der Waals surface area contributed by atoms with Crippen molar-refractivity contribution in [3.05, 3.63) is 12.7 Å². The molecule has 4 fully saturated rings. The molecular formula is C33H54O5. The molecule has 0 aromatic rings. The molecule has 4 saturated carbocycles. The lowest BCUT2D eigenvalue weighted by Gasteiger charge is -2.62. The van der Waals surface area contributed by atoms with E-state index in [1.165, 1.54) is 32.1 Å². The molecule has 4 aliphatic carbocycles. The fourth-order valence-electron chi connectivity index (χ4n) is 9.93. The summed E-state index contributed by atoms with van der Waals surface area (Å²) in [5, 5.41) is 0. The third-order valence-electron chi connectivity index (χ3n) is 11.8. The molecule has 5 heteroatoms. The zero-order valence-electron chi connectivity index (χ0n) is 24.8. The zero-order chi connectivity index (χ0) is 27.5. The molecule has 5 nitrogen and oxygen atoms in total. The lowest BCUT2D eigenvalue weighted by atomic mass is 9.42. The van der Waals surface area contributed by atoms with Gasteiger partial charge in [0.1, 0.15) is 12.4 Å². The molecule has 216 valence electrons. The summed E-state index contributed by atoms with van der Waals surface area (Å²) in [6.07, 6.45) is 12.2. The van der Waals surface area contributed by atoms with Crippen LogP contribution < -0.4 is 0 Å². The van der Waals surface area contributed by atoms with Gasteiger partial charge >= 0.3 is 5.97 Å². The second-order valence-electron chi connectivity index (χ2n) is 13.4. The minimum atomic E-state index is -0.121. The van der Waals surface area contributed by atoms with Crippen LogP contribution in [-0.4, -0.2) is 44.3 Å². The first-order valence-electron chi connectivity index (χ1n) is 15.7. The van der Waals surface area contributed by atoms with E-state index in [2.05, 4.69) is 34.3 Å². The first-order chi connectivity index (χ1) is 18.2. The molecule has 0 amide bonds. The number of hydrogen-bond donors (Lipinski definition) is 0. The third-order valence-corrected chi connectivity index (χ3v) is 11.8. The average molecular weight is 531 g/mol. The van der Waals surface area contributed by atoms with Crippen molar-refractivity contribution >= 4 is 11.8 Å². The van der Waals surface area contributed by atoms with Crippen molar-refractivity contribution in [1.82, 2.24) is 0 Å².